The minimum absolute atomic E-state index is 0.00856. The Balaban J connectivity index is 2.86. The Bertz CT molecular complexity index is 47.8. The van der Waals surface area contributed by atoms with E-state index in [2.05, 4.69) is 4.74 Å². The molecule has 0 aromatic rings. The molecule has 1 atom stereocenters. The summed E-state index contributed by atoms with van der Waals surface area (Å²) >= 11 is 0. The van der Waals surface area contributed by atoms with Gasteiger partial charge in [-0.1, -0.05) is 13.3 Å². The molecule has 0 heterocycles. The summed E-state index contributed by atoms with van der Waals surface area (Å²) in [5, 5.41) is 0. The third-order valence-electron chi connectivity index (χ3n) is 0.933. The monoisotopic (exact) mass is 118 g/mol. The Labute approximate surface area is 49.8 Å². The van der Waals surface area contributed by atoms with Gasteiger partial charge in [-0.15, -0.1) is 0 Å². The van der Waals surface area contributed by atoms with Crippen LogP contribution in [0.4, 0.5) is 4.39 Å². The predicted octanol–water partition coefficient (Wildman–Crippen LogP) is 1.67. The first-order valence-electron chi connectivity index (χ1n) is 2.70. The Morgan fingerprint density at radius 3 is 2.75 bits per heavy atom. The molecule has 0 amide bonds. The summed E-state index contributed by atoms with van der Waals surface area (Å²) in [4.78, 5) is 0. The van der Waals surface area contributed by atoms with Crippen LogP contribution in [0.5, 0.6) is 0 Å². The van der Waals surface area contributed by atoms with Gasteiger partial charge in [0, 0.05) is 0 Å². The highest BCUT2D eigenvalue weighted by molar-refractivity contribution is 4.55. The molecule has 48 valence electrons. The number of halogens is 1. The highest BCUT2D eigenvalue weighted by atomic mass is 19.1. The fraction of sp³-hybridized carbons (Fsp3) is 0.833. The molecule has 0 aromatic carbocycles. The summed E-state index contributed by atoms with van der Waals surface area (Å²) in [5.74, 6) is -0.00856. The molecule has 2 heteroatoms. The van der Waals surface area contributed by atoms with Crippen molar-refractivity contribution >= 4 is 0 Å². The van der Waals surface area contributed by atoms with Crippen molar-refractivity contribution in [3.63, 3.8) is 0 Å². The van der Waals surface area contributed by atoms with E-state index in [-0.39, 0.29) is 5.92 Å². The van der Waals surface area contributed by atoms with Gasteiger partial charge in [0.2, 0.25) is 0 Å². The second-order valence-corrected chi connectivity index (χ2v) is 1.65. The van der Waals surface area contributed by atoms with Crippen molar-refractivity contribution in [2.24, 2.45) is 5.92 Å². The Hall–Kier alpha value is -0.110. The SMILES string of the molecule is [CH]C(CC)COCF. The summed E-state index contributed by atoms with van der Waals surface area (Å²) in [6.45, 7) is 6.90. The molecule has 0 aliphatic rings. The molecular weight excluding hydrogens is 107 g/mol. The van der Waals surface area contributed by atoms with Crippen molar-refractivity contribution in [2.45, 2.75) is 13.3 Å². The maximum atomic E-state index is 11.2. The van der Waals surface area contributed by atoms with Crippen LogP contribution in [0.2, 0.25) is 0 Å². The Morgan fingerprint density at radius 2 is 2.38 bits per heavy atom. The Kier molecular flexibility index (Phi) is 4.97. The predicted molar refractivity (Wildman–Crippen MR) is 30.0 cm³/mol. The largest absolute Gasteiger partial charge is 0.350 e. The van der Waals surface area contributed by atoms with Gasteiger partial charge < -0.3 is 4.74 Å². The minimum Gasteiger partial charge on any atom is -0.350 e. The van der Waals surface area contributed by atoms with Crippen LogP contribution < -0.4 is 0 Å². The van der Waals surface area contributed by atoms with Gasteiger partial charge in [-0.2, -0.15) is 0 Å². The van der Waals surface area contributed by atoms with Gasteiger partial charge in [-0.3, -0.25) is 0 Å². The topological polar surface area (TPSA) is 9.23 Å². The molecule has 0 N–H and O–H groups in total. The first-order chi connectivity index (χ1) is 3.81. The summed E-state index contributed by atoms with van der Waals surface area (Å²) in [6.07, 6.45) is 0.833. The zero-order valence-corrected chi connectivity index (χ0v) is 5.06. The smallest absolute Gasteiger partial charge is 0.188 e. The molecule has 0 rings (SSSR count). The van der Waals surface area contributed by atoms with Crippen LogP contribution in [-0.4, -0.2) is 13.5 Å². The molecule has 0 aromatic heterocycles. The molecule has 0 spiro atoms. The number of ether oxygens (including phenoxy) is 1. The van der Waals surface area contributed by atoms with Crippen molar-refractivity contribution in [3.05, 3.63) is 6.92 Å². The fourth-order valence-corrected chi connectivity index (χ4v) is 0.314. The average molecular weight is 118 g/mol. The van der Waals surface area contributed by atoms with E-state index >= 15 is 0 Å². The third-order valence-corrected chi connectivity index (χ3v) is 0.933. The number of hydrogen-bond acceptors (Lipinski definition) is 1. The maximum absolute atomic E-state index is 11.2. The van der Waals surface area contributed by atoms with Gasteiger partial charge in [0.1, 0.15) is 0 Å². The molecule has 1 nitrogen and oxygen atoms in total. The fourth-order valence-electron chi connectivity index (χ4n) is 0.314. The molecule has 0 bridgehead atoms. The molecule has 1 unspecified atom stereocenters. The van der Waals surface area contributed by atoms with Crippen LogP contribution in [0.1, 0.15) is 13.3 Å². The summed E-state index contributed by atoms with van der Waals surface area (Å²) in [6, 6.07) is 0. The van der Waals surface area contributed by atoms with Gasteiger partial charge in [-0.05, 0) is 12.8 Å². The molecule has 2 radical (unpaired) electrons. The van der Waals surface area contributed by atoms with E-state index in [1.54, 1.807) is 0 Å². The van der Waals surface area contributed by atoms with Gasteiger partial charge in [-0.25, -0.2) is 4.39 Å². The molecule has 0 saturated carbocycles. The normalized spacial score (nSPS) is 13.9. The first kappa shape index (κ1) is 7.89. The zero-order chi connectivity index (χ0) is 6.41. The lowest BCUT2D eigenvalue weighted by Gasteiger charge is -2.04. The van der Waals surface area contributed by atoms with Crippen LogP contribution in [0.3, 0.4) is 0 Å². The van der Waals surface area contributed by atoms with E-state index in [9.17, 15) is 4.39 Å². The van der Waals surface area contributed by atoms with Crippen LogP contribution in [0.25, 0.3) is 0 Å². The third kappa shape index (κ3) is 4.06. The second-order valence-electron chi connectivity index (χ2n) is 1.65. The van der Waals surface area contributed by atoms with Crippen LogP contribution in [0.15, 0.2) is 0 Å². The van der Waals surface area contributed by atoms with Crippen LogP contribution in [0, 0.1) is 12.8 Å². The van der Waals surface area contributed by atoms with Gasteiger partial charge in [0.15, 0.2) is 6.86 Å². The molecule has 8 heavy (non-hydrogen) atoms. The van der Waals surface area contributed by atoms with E-state index < -0.39 is 6.86 Å². The van der Waals surface area contributed by atoms with Crippen LogP contribution >= 0.6 is 0 Å². The summed E-state index contributed by atoms with van der Waals surface area (Å²) < 4.78 is 15.6. The van der Waals surface area contributed by atoms with Crippen molar-refractivity contribution in [1.29, 1.82) is 0 Å². The molecule has 0 aliphatic heterocycles. The lowest BCUT2D eigenvalue weighted by molar-refractivity contribution is 0.0422. The van der Waals surface area contributed by atoms with Gasteiger partial charge >= 0.3 is 0 Å². The van der Waals surface area contributed by atoms with Crippen molar-refractivity contribution < 1.29 is 9.13 Å². The minimum atomic E-state index is -0.728. The molecule has 0 aliphatic carbocycles. The number of alkyl halides is 1. The lowest BCUT2D eigenvalue weighted by Crippen LogP contribution is -2.03. The zero-order valence-electron chi connectivity index (χ0n) is 5.06. The Morgan fingerprint density at radius 1 is 1.75 bits per heavy atom. The van der Waals surface area contributed by atoms with E-state index in [1.165, 1.54) is 0 Å². The van der Waals surface area contributed by atoms with E-state index in [4.69, 9.17) is 6.92 Å². The van der Waals surface area contributed by atoms with Gasteiger partial charge in [0.05, 0.1) is 6.61 Å². The summed E-state index contributed by atoms with van der Waals surface area (Å²) in [5.41, 5.74) is 0. The summed E-state index contributed by atoms with van der Waals surface area (Å²) in [7, 11) is 0. The van der Waals surface area contributed by atoms with E-state index in [0.717, 1.165) is 6.42 Å². The lowest BCUT2D eigenvalue weighted by atomic mass is 10.1. The highest BCUT2D eigenvalue weighted by Gasteiger charge is 1.96. The maximum Gasteiger partial charge on any atom is 0.188 e. The molecular formula is C6H11FO. The first-order valence-corrected chi connectivity index (χ1v) is 2.70. The standard InChI is InChI=1S/C6H11FO/c1-3-6(2)4-8-5-7/h2,6H,3-5H2,1H3. The highest BCUT2D eigenvalue weighted by Crippen LogP contribution is 1.98. The molecule has 0 saturated heterocycles. The average Bonchev–Trinajstić information content (AvgIpc) is 1.83. The second kappa shape index (κ2) is 5.04. The van der Waals surface area contributed by atoms with E-state index in [1.807, 2.05) is 6.92 Å². The van der Waals surface area contributed by atoms with Crippen molar-refractivity contribution in [1.82, 2.24) is 0 Å². The van der Waals surface area contributed by atoms with Gasteiger partial charge in [0.25, 0.3) is 0 Å². The quantitative estimate of drug-likeness (QED) is 0.545. The number of hydrogen-bond donors (Lipinski definition) is 0. The van der Waals surface area contributed by atoms with Crippen molar-refractivity contribution in [3.8, 4) is 0 Å². The van der Waals surface area contributed by atoms with Crippen molar-refractivity contribution in [2.75, 3.05) is 13.5 Å². The molecule has 0 fully saturated rings. The van der Waals surface area contributed by atoms with E-state index in [0.29, 0.717) is 6.61 Å². The number of rotatable bonds is 4. The van der Waals surface area contributed by atoms with Crippen LogP contribution in [-0.2, 0) is 4.74 Å².